The molecule has 1 aliphatic heterocycles. The minimum atomic E-state index is 0.156. The molecule has 3 nitrogen and oxygen atoms in total. The number of hydrogen-bond acceptors (Lipinski definition) is 2. The van der Waals surface area contributed by atoms with Crippen LogP contribution in [0.15, 0.2) is 0 Å². The molecule has 1 saturated heterocycles. The van der Waals surface area contributed by atoms with E-state index in [1.807, 2.05) is 4.90 Å². The first-order chi connectivity index (χ1) is 7.19. The van der Waals surface area contributed by atoms with Crippen molar-refractivity contribution in [2.75, 3.05) is 19.7 Å². The zero-order valence-electron chi connectivity index (χ0n) is 9.54. The maximum Gasteiger partial charge on any atom is 0.223 e. The van der Waals surface area contributed by atoms with Gasteiger partial charge >= 0.3 is 0 Å². The monoisotopic (exact) mass is 211 g/mol. The van der Waals surface area contributed by atoms with Crippen LogP contribution in [0, 0.1) is 11.3 Å². The van der Waals surface area contributed by atoms with E-state index < -0.39 is 0 Å². The van der Waals surface area contributed by atoms with Gasteiger partial charge in [0.05, 0.1) is 0 Å². The molecule has 0 aromatic rings. The number of carbonyl (C=O) groups excluding carboxylic acids is 1. The fourth-order valence-electron chi connectivity index (χ4n) is 2.73. The molecule has 1 atom stereocenters. The maximum absolute atomic E-state index is 11.7. The summed E-state index contributed by atoms with van der Waals surface area (Å²) in [4.78, 5) is 13.6. The van der Waals surface area contributed by atoms with E-state index in [0.29, 0.717) is 11.8 Å². The van der Waals surface area contributed by atoms with Gasteiger partial charge < -0.3 is 10.0 Å². The number of aliphatic hydroxyl groups excluding tert-OH is 1. The Hall–Kier alpha value is -0.570. The van der Waals surface area contributed by atoms with Crippen molar-refractivity contribution in [2.24, 2.45) is 11.3 Å². The third-order valence-electron chi connectivity index (χ3n) is 3.82. The molecular weight excluding hydrogens is 190 g/mol. The Kier molecular flexibility index (Phi) is 3.01. The van der Waals surface area contributed by atoms with E-state index in [1.54, 1.807) is 0 Å². The van der Waals surface area contributed by atoms with E-state index in [4.69, 9.17) is 5.11 Å². The molecular formula is C12H21NO2. The van der Waals surface area contributed by atoms with Crippen molar-refractivity contribution in [2.45, 2.75) is 39.0 Å². The molecule has 1 unspecified atom stereocenters. The average Bonchev–Trinajstić information content (AvgIpc) is 2.87. The first-order valence-corrected chi connectivity index (χ1v) is 6.08. The Labute approximate surface area is 91.5 Å². The zero-order chi connectivity index (χ0) is 10.9. The first kappa shape index (κ1) is 10.9. The summed E-state index contributed by atoms with van der Waals surface area (Å²) in [6.07, 6.45) is 5.59. The highest BCUT2D eigenvalue weighted by Gasteiger charge is 2.45. The lowest BCUT2D eigenvalue weighted by Gasteiger charge is -2.23. The third kappa shape index (κ3) is 2.33. The van der Waals surface area contributed by atoms with Gasteiger partial charge in [-0.25, -0.2) is 0 Å². The molecule has 2 aliphatic rings. The Bertz CT molecular complexity index is 248. The number of rotatable bonds is 5. The van der Waals surface area contributed by atoms with Crippen molar-refractivity contribution < 1.29 is 9.90 Å². The van der Waals surface area contributed by atoms with Crippen LogP contribution < -0.4 is 0 Å². The van der Waals surface area contributed by atoms with E-state index >= 15 is 0 Å². The van der Waals surface area contributed by atoms with Gasteiger partial charge in [-0.05, 0) is 24.7 Å². The van der Waals surface area contributed by atoms with Crippen molar-refractivity contribution in [3.8, 4) is 0 Å². The molecule has 3 heteroatoms. The Balaban J connectivity index is 1.87. The molecule has 1 heterocycles. The summed E-state index contributed by atoms with van der Waals surface area (Å²) < 4.78 is 0. The van der Waals surface area contributed by atoms with E-state index in [1.165, 1.54) is 25.7 Å². The largest absolute Gasteiger partial charge is 0.396 e. The van der Waals surface area contributed by atoms with Gasteiger partial charge in [0.2, 0.25) is 5.91 Å². The summed E-state index contributed by atoms with van der Waals surface area (Å²) in [6.45, 7) is 4.09. The lowest BCUT2D eigenvalue weighted by molar-refractivity contribution is -0.128. The van der Waals surface area contributed by atoms with Gasteiger partial charge in [0.1, 0.15) is 0 Å². The second kappa shape index (κ2) is 4.12. The molecule has 1 N–H and O–H groups in total. The van der Waals surface area contributed by atoms with Crippen LogP contribution in [0.5, 0.6) is 0 Å². The number of amides is 1. The molecule has 15 heavy (non-hydrogen) atoms. The fraction of sp³-hybridized carbons (Fsp3) is 0.917. The Morgan fingerprint density at radius 3 is 2.73 bits per heavy atom. The van der Waals surface area contributed by atoms with Gasteiger partial charge in [0.25, 0.3) is 0 Å². The van der Waals surface area contributed by atoms with Crippen LogP contribution in [-0.2, 0) is 4.79 Å². The van der Waals surface area contributed by atoms with Crippen molar-refractivity contribution in [1.82, 2.24) is 4.90 Å². The molecule has 0 radical (unpaired) electrons. The third-order valence-corrected chi connectivity index (χ3v) is 3.82. The topological polar surface area (TPSA) is 40.5 Å². The van der Waals surface area contributed by atoms with Crippen LogP contribution in [0.1, 0.15) is 39.0 Å². The molecule has 86 valence electrons. The van der Waals surface area contributed by atoms with E-state index in [9.17, 15) is 4.79 Å². The number of nitrogens with zero attached hydrogens (tertiary/aromatic N) is 1. The molecule has 0 aromatic heterocycles. The maximum atomic E-state index is 11.7. The molecule has 0 aromatic carbocycles. The average molecular weight is 211 g/mol. The highest BCUT2D eigenvalue weighted by atomic mass is 16.3. The summed E-state index contributed by atoms with van der Waals surface area (Å²) in [5.41, 5.74) is 0.453. The van der Waals surface area contributed by atoms with Crippen molar-refractivity contribution in [3.63, 3.8) is 0 Å². The molecule has 1 amide bonds. The first-order valence-electron chi connectivity index (χ1n) is 6.08. The van der Waals surface area contributed by atoms with Crippen molar-refractivity contribution in [1.29, 1.82) is 0 Å². The summed E-state index contributed by atoms with van der Waals surface area (Å²) in [6, 6.07) is 0. The molecule has 2 fully saturated rings. The quantitative estimate of drug-likeness (QED) is 0.747. The van der Waals surface area contributed by atoms with Gasteiger partial charge in [0.15, 0.2) is 0 Å². The van der Waals surface area contributed by atoms with Gasteiger partial charge in [-0.1, -0.05) is 13.3 Å². The number of likely N-dealkylation sites (tertiary alicyclic amines) is 1. The highest BCUT2D eigenvalue weighted by Crippen LogP contribution is 2.50. The van der Waals surface area contributed by atoms with Gasteiger partial charge in [0, 0.05) is 32.0 Å². The molecule has 1 aliphatic carbocycles. The van der Waals surface area contributed by atoms with Crippen LogP contribution in [-0.4, -0.2) is 35.6 Å². The van der Waals surface area contributed by atoms with Crippen LogP contribution in [0.3, 0.4) is 0 Å². The standard InChI is InChI=1S/C12H21NO2/c1-2-3-12(4-5-12)9-13-7-10(8-14)6-11(13)15/h10,14H,2-9H2,1H3. The van der Waals surface area contributed by atoms with Crippen molar-refractivity contribution in [3.05, 3.63) is 0 Å². The molecule has 0 bridgehead atoms. The number of hydrogen-bond donors (Lipinski definition) is 1. The highest BCUT2D eigenvalue weighted by molar-refractivity contribution is 5.78. The molecule has 1 saturated carbocycles. The van der Waals surface area contributed by atoms with Crippen LogP contribution in [0.2, 0.25) is 0 Å². The minimum Gasteiger partial charge on any atom is -0.396 e. The second-order valence-corrected chi connectivity index (χ2v) is 5.28. The summed E-state index contributed by atoms with van der Waals surface area (Å²) in [5.74, 6) is 0.436. The predicted molar refractivity (Wildman–Crippen MR) is 58.3 cm³/mol. The lowest BCUT2D eigenvalue weighted by Crippen LogP contribution is -2.32. The Morgan fingerprint density at radius 2 is 2.27 bits per heavy atom. The normalized spacial score (nSPS) is 28.5. The van der Waals surface area contributed by atoms with Crippen molar-refractivity contribution >= 4 is 5.91 Å². The SMILES string of the molecule is CCCC1(CN2CC(CO)CC2=O)CC1. The van der Waals surface area contributed by atoms with Crippen LogP contribution in [0.4, 0.5) is 0 Å². The second-order valence-electron chi connectivity index (χ2n) is 5.28. The number of carbonyl (C=O) groups is 1. The van der Waals surface area contributed by atoms with Gasteiger partial charge in [-0.3, -0.25) is 4.79 Å². The van der Waals surface area contributed by atoms with Gasteiger partial charge in [-0.15, -0.1) is 0 Å². The zero-order valence-corrected chi connectivity index (χ0v) is 9.54. The van der Waals surface area contributed by atoms with E-state index in [-0.39, 0.29) is 18.4 Å². The van der Waals surface area contributed by atoms with Crippen LogP contribution >= 0.6 is 0 Å². The molecule has 2 rings (SSSR count). The van der Waals surface area contributed by atoms with Gasteiger partial charge in [-0.2, -0.15) is 0 Å². The van der Waals surface area contributed by atoms with Crippen LogP contribution in [0.25, 0.3) is 0 Å². The van der Waals surface area contributed by atoms with E-state index in [0.717, 1.165) is 13.1 Å². The Morgan fingerprint density at radius 1 is 1.53 bits per heavy atom. The summed E-state index contributed by atoms with van der Waals surface area (Å²) >= 11 is 0. The lowest BCUT2D eigenvalue weighted by atomic mass is 10.0. The smallest absolute Gasteiger partial charge is 0.223 e. The predicted octanol–water partition coefficient (Wildman–Crippen LogP) is 1.41. The number of aliphatic hydroxyl groups is 1. The minimum absolute atomic E-state index is 0.156. The summed E-state index contributed by atoms with van der Waals surface area (Å²) in [5, 5.41) is 9.04. The summed E-state index contributed by atoms with van der Waals surface area (Å²) in [7, 11) is 0. The molecule has 0 spiro atoms. The fourth-order valence-corrected chi connectivity index (χ4v) is 2.73. The van der Waals surface area contributed by atoms with E-state index in [2.05, 4.69) is 6.92 Å².